The predicted molar refractivity (Wildman–Crippen MR) is 130 cm³/mol. The molecule has 0 atom stereocenters. The van der Waals surface area contributed by atoms with Crippen LogP contribution in [0, 0.1) is 5.92 Å². The lowest BCUT2D eigenvalue weighted by Gasteiger charge is -2.28. The molecule has 1 aromatic carbocycles. The summed E-state index contributed by atoms with van der Waals surface area (Å²) in [5.41, 5.74) is 3.71. The van der Waals surface area contributed by atoms with Crippen molar-refractivity contribution in [2.45, 2.75) is 31.7 Å². The number of hydrogen-bond acceptors (Lipinski definition) is 7. The molecule has 35 heavy (non-hydrogen) atoms. The molecule has 0 bridgehead atoms. The molecule has 1 aliphatic heterocycles. The van der Waals surface area contributed by atoms with Gasteiger partial charge in [-0.15, -0.1) is 0 Å². The summed E-state index contributed by atoms with van der Waals surface area (Å²) in [6.45, 7) is 3.88. The minimum absolute atomic E-state index is 0.0353. The Labute approximate surface area is 203 Å². The number of carboxylic acid groups (broad SMARTS) is 1. The maximum absolute atomic E-state index is 10.8. The fraction of sp³-hybridized carbons (Fsp3) is 0.440. The molecule has 1 amide bonds. The van der Waals surface area contributed by atoms with Gasteiger partial charge in [-0.2, -0.15) is 5.10 Å². The quantitative estimate of drug-likeness (QED) is 0.531. The van der Waals surface area contributed by atoms with E-state index in [1.165, 1.54) is 12.0 Å². The standard InChI is InChI=1S/C25H30N6O4/c32-25(33)29-20-3-1-18(2-4-20)16-35-23-14-26-17-27-24(23)19-13-28-31(15-19)22-7-5-21(6-8-22)30-9-11-34-12-10-30/h5-8,13-15,17-18,20,29H,1-4,9-12,16H2,(H,32,33). The second kappa shape index (κ2) is 10.7. The summed E-state index contributed by atoms with van der Waals surface area (Å²) in [5, 5.41) is 16.0. The lowest BCUT2D eigenvalue weighted by atomic mass is 9.86. The Morgan fingerprint density at radius 2 is 1.83 bits per heavy atom. The Morgan fingerprint density at radius 3 is 2.57 bits per heavy atom. The van der Waals surface area contributed by atoms with E-state index in [2.05, 4.69) is 49.5 Å². The van der Waals surface area contributed by atoms with Crippen molar-refractivity contribution in [2.24, 2.45) is 5.92 Å². The molecule has 2 aliphatic rings. The number of anilines is 1. The third-order valence-corrected chi connectivity index (χ3v) is 6.67. The van der Waals surface area contributed by atoms with E-state index in [4.69, 9.17) is 14.6 Å². The summed E-state index contributed by atoms with van der Waals surface area (Å²) in [6, 6.07) is 8.39. The van der Waals surface area contributed by atoms with E-state index in [9.17, 15) is 4.79 Å². The van der Waals surface area contributed by atoms with Crippen LogP contribution in [0.15, 0.2) is 49.2 Å². The second-order valence-corrected chi connectivity index (χ2v) is 9.00. The normalized spacial score (nSPS) is 20.4. The van der Waals surface area contributed by atoms with Gasteiger partial charge in [-0.05, 0) is 55.9 Å². The van der Waals surface area contributed by atoms with Crippen molar-refractivity contribution >= 4 is 11.8 Å². The maximum atomic E-state index is 10.8. The molecule has 10 nitrogen and oxygen atoms in total. The molecule has 1 aliphatic carbocycles. The van der Waals surface area contributed by atoms with Gasteiger partial charge < -0.3 is 24.8 Å². The summed E-state index contributed by atoms with van der Waals surface area (Å²) in [5.74, 6) is 1.00. The van der Waals surface area contributed by atoms with Crippen molar-refractivity contribution in [1.82, 2.24) is 25.1 Å². The molecule has 10 heteroatoms. The van der Waals surface area contributed by atoms with Gasteiger partial charge in [-0.1, -0.05) is 0 Å². The van der Waals surface area contributed by atoms with Gasteiger partial charge in [0.1, 0.15) is 12.0 Å². The molecule has 3 aromatic rings. The average Bonchev–Trinajstić information content (AvgIpc) is 3.39. The van der Waals surface area contributed by atoms with E-state index < -0.39 is 6.09 Å². The lowest BCUT2D eigenvalue weighted by Crippen LogP contribution is -2.37. The summed E-state index contributed by atoms with van der Waals surface area (Å²) >= 11 is 0. The molecule has 2 N–H and O–H groups in total. The zero-order valence-corrected chi connectivity index (χ0v) is 19.5. The number of amides is 1. The Morgan fingerprint density at radius 1 is 1.09 bits per heavy atom. The van der Waals surface area contributed by atoms with Crippen molar-refractivity contribution < 1.29 is 19.4 Å². The number of ether oxygens (including phenoxy) is 2. The molecule has 1 saturated carbocycles. The van der Waals surface area contributed by atoms with Gasteiger partial charge in [0.05, 0.1) is 37.9 Å². The summed E-state index contributed by atoms with van der Waals surface area (Å²) < 4.78 is 13.4. The van der Waals surface area contributed by atoms with Crippen molar-refractivity contribution in [1.29, 1.82) is 0 Å². The highest BCUT2D eigenvalue weighted by molar-refractivity contribution is 5.65. The summed E-state index contributed by atoms with van der Waals surface area (Å²) in [6.07, 6.45) is 9.48. The minimum Gasteiger partial charge on any atom is -0.489 e. The van der Waals surface area contributed by atoms with Gasteiger partial charge >= 0.3 is 6.09 Å². The zero-order chi connectivity index (χ0) is 24.0. The van der Waals surface area contributed by atoms with Crippen LogP contribution in [0.25, 0.3) is 16.9 Å². The van der Waals surface area contributed by atoms with Crippen LogP contribution in [-0.4, -0.2) is 69.9 Å². The molecule has 2 aromatic heterocycles. The van der Waals surface area contributed by atoms with E-state index >= 15 is 0 Å². The maximum Gasteiger partial charge on any atom is 0.404 e. The van der Waals surface area contributed by atoms with Crippen LogP contribution in [0.3, 0.4) is 0 Å². The van der Waals surface area contributed by atoms with Crippen molar-refractivity contribution in [3.63, 3.8) is 0 Å². The third kappa shape index (κ3) is 5.71. The highest BCUT2D eigenvalue weighted by atomic mass is 16.5. The predicted octanol–water partition coefficient (Wildman–Crippen LogP) is 3.37. The van der Waals surface area contributed by atoms with Crippen LogP contribution in [-0.2, 0) is 4.74 Å². The second-order valence-electron chi connectivity index (χ2n) is 9.00. The Bertz CT molecular complexity index is 1120. The van der Waals surface area contributed by atoms with Gasteiger partial charge in [0.2, 0.25) is 0 Å². The van der Waals surface area contributed by atoms with Gasteiger partial charge in [0, 0.05) is 36.6 Å². The topological polar surface area (TPSA) is 115 Å². The van der Waals surface area contributed by atoms with E-state index in [1.807, 2.05) is 10.9 Å². The van der Waals surface area contributed by atoms with E-state index in [0.717, 1.165) is 63.2 Å². The number of morpholine rings is 1. The van der Waals surface area contributed by atoms with E-state index in [-0.39, 0.29) is 6.04 Å². The van der Waals surface area contributed by atoms with Crippen LogP contribution >= 0.6 is 0 Å². The first-order valence-electron chi connectivity index (χ1n) is 12.1. The first kappa shape index (κ1) is 23.1. The summed E-state index contributed by atoms with van der Waals surface area (Å²) in [4.78, 5) is 21.8. The Hall–Kier alpha value is -3.66. The largest absolute Gasteiger partial charge is 0.489 e. The Kier molecular flexibility index (Phi) is 7.08. The molecule has 3 heterocycles. The molecule has 0 radical (unpaired) electrons. The lowest BCUT2D eigenvalue weighted by molar-refractivity contribution is 0.122. The smallest absolute Gasteiger partial charge is 0.404 e. The third-order valence-electron chi connectivity index (χ3n) is 6.67. The van der Waals surface area contributed by atoms with Gasteiger partial charge in [0.15, 0.2) is 5.75 Å². The first-order valence-corrected chi connectivity index (χ1v) is 12.1. The SMILES string of the molecule is O=C(O)NC1CCC(COc2cncnc2-c2cnn(-c3ccc(N4CCOCC4)cc3)c2)CC1. The number of rotatable bonds is 7. The molecule has 0 unspecified atom stereocenters. The van der Waals surface area contributed by atoms with Gasteiger partial charge in [-0.25, -0.2) is 19.4 Å². The molecular weight excluding hydrogens is 448 g/mol. The van der Waals surface area contributed by atoms with Crippen LogP contribution in [0.5, 0.6) is 5.75 Å². The van der Waals surface area contributed by atoms with Crippen LogP contribution in [0.2, 0.25) is 0 Å². The molecule has 0 spiro atoms. The fourth-order valence-corrected chi connectivity index (χ4v) is 4.72. The summed E-state index contributed by atoms with van der Waals surface area (Å²) in [7, 11) is 0. The first-order chi connectivity index (χ1) is 17.2. The minimum atomic E-state index is -0.954. The number of aromatic nitrogens is 4. The molecule has 184 valence electrons. The number of hydrogen-bond donors (Lipinski definition) is 2. The zero-order valence-electron chi connectivity index (χ0n) is 19.5. The van der Waals surface area contributed by atoms with Gasteiger partial charge in [-0.3, -0.25) is 0 Å². The highest BCUT2D eigenvalue weighted by Gasteiger charge is 2.23. The van der Waals surface area contributed by atoms with Crippen LogP contribution in [0.4, 0.5) is 10.5 Å². The number of carbonyl (C=O) groups is 1. The number of benzene rings is 1. The number of nitrogens with one attached hydrogen (secondary N) is 1. The number of nitrogens with zero attached hydrogens (tertiary/aromatic N) is 5. The average molecular weight is 479 g/mol. The van der Waals surface area contributed by atoms with Crippen LogP contribution in [0.1, 0.15) is 25.7 Å². The molecular formula is C25H30N6O4. The van der Waals surface area contributed by atoms with Gasteiger partial charge in [0.25, 0.3) is 0 Å². The Balaban J connectivity index is 1.22. The van der Waals surface area contributed by atoms with E-state index in [1.54, 1.807) is 12.4 Å². The monoisotopic (exact) mass is 478 g/mol. The van der Waals surface area contributed by atoms with E-state index in [0.29, 0.717) is 24.0 Å². The highest BCUT2D eigenvalue weighted by Crippen LogP contribution is 2.30. The molecule has 1 saturated heterocycles. The molecule has 2 fully saturated rings. The molecule has 5 rings (SSSR count). The van der Waals surface area contributed by atoms with Crippen molar-refractivity contribution in [3.05, 3.63) is 49.2 Å². The fourth-order valence-electron chi connectivity index (χ4n) is 4.72. The van der Waals surface area contributed by atoms with Crippen LogP contribution < -0.4 is 15.0 Å². The van der Waals surface area contributed by atoms with Crippen molar-refractivity contribution in [3.8, 4) is 22.7 Å². The van der Waals surface area contributed by atoms with Crippen molar-refractivity contribution in [2.75, 3.05) is 37.8 Å².